The summed E-state index contributed by atoms with van der Waals surface area (Å²) >= 11 is 1.30. The largest absolute Gasteiger partial charge is 0.336 e. The normalized spacial score (nSPS) is 13.6. The molecule has 2 N–H and O–H groups in total. The Morgan fingerprint density at radius 2 is 2.26 bits per heavy atom. The molecule has 19 heavy (non-hydrogen) atoms. The number of benzene rings is 1. The quantitative estimate of drug-likeness (QED) is 0.658. The van der Waals surface area contributed by atoms with E-state index < -0.39 is 0 Å². The third kappa shape index (κ3) is 2.28. The van der Waals surface area contributed by atoms with E-state index in [1.807, 2.05) is 23.1 Å². The molecular weight excluding hydrogens is 262 g/mol. The summed E-state index contributed by atoms with van der Waals surface area (Å²) < 4.78 is 1.32. The number of fused-ring (bicyclic) bond motifs is 1. The first-order valence-corrected chi connectivity index (χ1v) is 6.90. The highest BCUT2D eigenvalue weighted by Crippen LogP contribution is 2.28. The Bertz CT molecular complexity index is 612. The minimum atomic E-state index is 0.0675. The van der Waals surface area contributed by atoms with Crippen LogP contribution in [0, 0.1) is 0 Å². The van der Waals surface area contributed by atoms with Crippen LogP contribution >= 0.6 is 11.8 Å². The van der Waals surface area contributed by atoms with Gasteiger partial charge in [-0.1, -0.05) is 30.0 Å². The molecule has 0 spiro atoms. The molecule has 6 nitrogen and oxygen atoms in total. The van der Waals surface area contributed by atoms with Gasteiger partial charge >= 0.3 is 0 Å². The number of carbonyl (C=O) groups excluding carboxylic acids is 1. The van der Waals surface area contributed by atoms with Gasteiger partial charge in [-0.05, 0) is 18.1 Å². The van der Waals surface area contributed by atoms with Gasteiger partial charge in [-0.25, -0.2) is 4.68 Å². The van der Waals surface area contributed by atoms with Crippen molar-refractivity contribution in [2.45, 2.75) is 11.6 Å². The van der Waals surface area contributed by atoms with E-state index in [1.54, 1.807) is 0 Å². The number of hydrogen-bond acceptors (Lipinski definition) is 5. The van der Waals surface area contributed by atoms with Crippen LogP contribution in [0.15, 0.2) is 35.7 Å². The molecule has 0 saturated carbocycles. The molecule has 0 atom stereocenters. The van der Waals surface area contributed by atoms with Crippen LogP contribution in [0.4, 0.5) is 5.69 Å². The maximum atomic E-state index is 12.2. The molecule has 1 aliphatic rings. The summed E-state index contributed by atoms with van der Waals surface area (Å²) in [6, 6.07) is 8.00. The summed E-state index contributed by atoms with van der Waals surface area (Å²) in [5, 5.41) is 8.06. The maximum Gasteiger partial charge on any atom is 0.237 e. The van der Waals surface area contributed by atoms with Gasteiger partial charge in [0.15, 0.2) is 0 Å². The van der Waals surface area contributed by atoms with E-state index in [2.05, 4.69) is 16.3 Å². The molecule has 2 heterocycles. The van der Waals surface area contributed by atoms with E-state index in [0.29, 0.717) is 10.9 Å². The zero-order valence-electron chi connectivity index (χ0n) is 10.2. The van der Waals surface area contributed by atoms with Gasteiger partial charge in [0.1, 0.15) is 6.33 Å². The van der Waals surface area contributed by atoms with Crippen molar-refractivity contribution in [3.05, 3.63) is 36.2 Å². The number of anilines is 1. The molecule has 0 saturated heterocycles. The first-order valence-electron chi connectivity index (χ1n) is 5.92. The first-order chi connectivity index (χ1) is 9.25. The lowest BCUT2D eigenvalue weighted by Gasteiger charge is -2.16. The van der Waals surface area contributed by atoms with Gasteiger partial charge in [0, 0.05) is 12.2 Å². The molecule has 0 unspecified atom stereocenters. The molecule has 1 aromatic carbocycles. The van der Waals surface area contributed by atoms with Crippen molar-refractivity contribution < 1.29 is 4.79 Å². The van der Waals surface area contributed by atoms with Gasteiger partial charge in [0.2, 0.25) is 11.1 Å². The van der Waals surface area contributed by atoms with E-state index in [9.17, 15) is 4.79 Å². The Labute approximate surface area is 114 Å². The van der Waals surface area contributed by atoms with Crippen LogP contribution in [0.3, 0.4) is 0 Å². The predicted octanol–water partition coefficient (Wildman–Crippen LogP) is 0.673. The predicted molar refractivity (Wildman–Crippen MR) is 73.4 cm³/mol. The van der Waals surface area contributed by atoms with Gasteiger partial charge in [-0.3, -0.25) is 4.79 Å². The van der Waals surface area contributed by atoms with Crippen LogP contribution in [0.25, 0.3) is 0 Å². The molecular formula is C12H13N5OS. The second kappa shape index (κ2) is 4.93. The molecule has 3 rings (SSSR count). The molecule has 0 radical (unpaired) electrons. The fraction of sp³-hybridized carbons (Fsp3) is 0.250. The van der Waals surface area contributed by atoms with E-state index in [0.717, 1.165) is 18.7 Å². The number of nitrogens with zero attached hydrogens (tertiary/aromatic N) is 4. The van der Waals surface area contributed by atoms with E-state index >= 15 is 0 Å². The summed E-state index contributed by atoms with van der Waals surface area (Å²) in [7, 11) is 0. The molecule has 0 fully saturated rings. The Balaban J connectivity index is 1.68. The smallest absolute Gasteiger partial charge is 0.237 e. The Morgan fingerprint density at radius 1 is 1.42 bits per heavy atom. The van der Waals surface area contributed by atoms with Crippen LogP contribution < -0.4 is 10.7 Å². The summed E-state index contributed by atoms with van der Waals surface area (Å²) in [5.74, 6) is 5.98. The number of rotatable bonds is 3. The number of thioether (sulfide) groups is 1. The van der Waals surface area contributed by atoms with Crippen molar-refractivity contribution in [1.29, 1.82) is 0 Å². The van der Waals surface area contributed by atoms with Gasteiger partial charge in [-0.2, -0.15) is 0 Å². The fourth-order valence-electron chi connectivity index (χ4n) is 2.14. The standard InChI is InChI=1S/C12H13N5OS/c13-17-8-14-15-12(17)19-7-11(18)16-6-5-9-3-1-2-4-10(9)16/h1-4,8H,5-7,13H2. The molecule has 1 aromatic heterocycles. The van der Waals surface area contributed by atoms with Crippen LogP contribution in [0.1, 0.15) is 5.56 Å². The summed E-state index contributed by atoms with van der Waals surface area (Å²) in [5.41, 5.74) is 2.24. The minimum Gasteiger partial charge on any atom is -0.336 e. The minimum absolute atomic E-state index is 0.0675. The Hall–Kier alpha value is -2.02. The SMILES string of the molecule is Nn1cnnc1SCC(=O)N1CCc2ccccc21. The molecule has 7 heteroatoms. The van der Waals surface area contributed by atoms with Gasteiger partial charge in [0.25, 0.3) is 0 Å². The molecule has 0 aliphatic carbocycles. The molecule has 1 aliphatic heterocycles. The van der Waals surface area contributed by atoms with E-state index in [-0.39, 0.29) is 5.91 Å². The van der Waals surface area contributed by atoms with Gasteiger partial charge in [0.05, 0.1) is 5.75 Å². The topological polar surface area (TPSA) is 77.0 Å². The van der Waals surface area contributed by atoms with E-state index in [4.69, 9.17) is 5.84 Å². The average molecular weight is 275 g/mol. The summed E-state index contributed by atoms with van der Waals surface area (Å²) in [6.07, 6.45) is 2.33. The number of para-hydroxylation sites is 1. The van der Waals surface area contributed by atoms with Crippen molar-refractivity contribution in [2.75, 3.05) is 23.0 Å². The Morgan fingerprint density at radius 3 is 3.05 bits per heavy atom. The van der Waals surface area contributed by atoms with Crippen LogP contribution in [-0.2, 0) is 11.2 Å². The highest BCUT2D eigenvalue weighted by atomic mass is 32.2. The number of nitrogens with two attached hydrogens (primary N) is 1. The summed E-state index contributed by atoms with van der Waals surface area (Å²) in [4.78, 5) is 14.0. The second-order valence-electron chi connectivity index (χ2n) is 4.23. The lowest BCUT2D eigenvalue weighted by atomic mass is 10.2. The van der Waals surface area contributed by atoms with Gasteiger partial charge in [-0.15, -0.1) is 10.2 Å². The lowest BCUT2D eigenvalue weighted by Crippen LogP contribution is -2.30. The van der Waals surface area contributed by atoms with Crippen molar-refractivity contribution in [1.82, 2.24) is 14.9 Å². The average Bonchev–Trinajstić information content (AvgIpc) is 3.02. The number of carbonyl (C=O) groups is 1. The highest BCUT2D eigenvalue weighted by Gasteiger charge is 2.24. The van der Waals surface area contributed by atoms with E-state index in [1.165, 1.54) is 28.3 Å². The number of nitrogen functional groups attached to an aromatic ring is 1. The molecule has 1 amide bonds. The highest BCUT2D eigenvalue weighted by molar-refractivity contribution is 7.99. The number of hydrogen-bond donors (Lipinski definition) is 1. The van der Waals surface area contributed by atoms with Crippen LogP contribution in [-0.4, -0.2) is 33.1 Å². The third-order valence-corrected chi connectivity index (χ3v) is 4.00. The first kappa shape index (κ1) is 12.0. The lowest BCUT2D eigenvalue weighted by molar-refractivity contribution is -0.116. The van der Waals surface area contributed by atoms with Gasteiger partial charge < -0.3 is 10.7 Å². The number of aromatic nitrogens is 3. The zero-order valence-corrected chi connectivity index (χ0v) is 11.0. The van der Waals surface area contributed by atoms with Crippen LogP contribution in [0.5, 0.6) is 0 Å². The molecule has 0 bridgehead atoms. The van der Waals surface area contributed by atoms with Crippen molar-refractivity contribution in [3.63, 3.8) is 0 Å². The second-order valence-corrected chi connectivity index (χ2v) is 5.18. The third-order valence-electron chi connectivity index (χ3n) is 3.05. The maximum absolute atomic E-state index is 12.2. The molecule has 98 valence electrons. The fourth-order valence-corrected chi connectivity index (χ4v) is 2.85. The zero-order chi connectivity index (χ0) is 13.2. The monoisotopic (exact) mass is 275 g/mol. The van der Waals surface area contributed by atoms with Crippen LogP contribution in [0.2, 0.25) is 0 Å². The molecule has 2 aromatic rings. The number of amides is 1. The van der Waals surface area contributed by atoms with Crippen molar-refractivity contribution >= 4 is 23.4 Å². The van der Waals surface area contributed by atoms with Crippen molar-refractivity contribution in [2.24, 2.45) is 0 Å². The summed E-state index contributed by atoms with van der Waals surface area (Å²) in [6.45, 7) is 0.744. The Kier molecular flexibility index (Phi) is 3.12. The van der Waals surface area contributed by atoms with Crippen molar-refractivity contribution in [3.8, 4) is 0 Å².